The van der Waals surface area contributed by atoms with Gasteiger partial charge in [-0.05, 0) is 25.0 Å². The number of methoxy groups -OCH3 is 2. The van der Waals surface area contributed by atoms with Crippen molar-refractivity contribution in [2.75, 3.05) is 27.4 Å². The summed E-state index contributed by atoms with van der Waals surface area (Å²) >= 11 is 0. The van der Waals surface area contributed by atoms with Gasteiger partial charge in [-0.15, -0.1) is 0 Å². The van der Waals surface area contributed by atoms with Crippen molar-refractivity contribution in [3.8, 4) is 5.75 Å². The summed E-state index contributed by atoms with van der Waals surface area (Å²) in [6, 6.07) is 8.27. The highest BCUT2D eigenvalue weighted by atomic mass is 16.5. The molecule has 1 aromatic rings. The second-order valence-corrected chi connectivity index (χ2v) is 5.02. The molecule has 1 saturated heterocycles. The molecule has 1 aliphatic heterocycles. The van der Waals surface area contributed by atoms with E-state index in [9.17, 15) is 0 Å². The summed E-state index contributed by atoms with van der Waals surface area (Å²) < 4.78 is 10.7. The lowest BCUT2D eigenvalue weighted by Crippen LogP contribution is -2.40. The van der Waals surface area contributed by atoms with E-state index in [1.165, 1.54) is 5.56 Å². The monoisotopic (exact) mass is 235 g/mol. The fourth-order valence-electron chi connectivity index (χ4n) is 2.71. The highest BCUT2D eigenvalue weighted by Gasteiger charge is 2.36. The Bertz CT molecular complexity index is 380. The minimum Gasteiger partial charge on any atom is -0.496 e. The summed E-state index contributed by atoms with van der Waals surface area (Å²) in [4.78, 5) is 0. The van der Waals surface area contributed by atoms with Gasteiger partial charge in [0.1, 0.15) is 5.75 Å². The molecule has 1 aromatic carbocycles. The molecule has 17 heavy (non-hydrogen) atoms. The predicted molar refractivity (Wildman–Crippen MR) is 68.6 cm³/mol. The summed E-state index contributed by atoms with van der Waals surface area (Å²) in [7, 11) is 3.49. The van der Waals surface area contributed by atoms with Crippen LogP contribution in [0.15, 0.2) is 24.3 Å². The summed E-state index contributed by atoms with van der Waals surface area (Å²) in [5, 5.41) is 3.55. The molecule has 1 fully saturated rings. The molecule has 0 aliphatic carbocycles. The Labute approximate surface area is 103 Å². The van der Waals surface area contributed by atoms with Crippen LogP contribution in [0.4, 0.5) is 0 Å². The van der Waals surface area contributed by atoms with Gasteiger partial charge in [-0.25, -0.2) is 0 Å². The fraction of sp³-hybridized carbons (Fsp3) is 0.571. The fourth-order valence-corrected chi connectivity index (χ4v) is 2.71. The van der Waals surface area contributed by atoms with Gasteiger partial charge in [0.15, 0.2) is 0 Å². The first-order valence-corrected chi connectivity index (χ1v) is 6.05. The van der Waals surface area contributed by atoms with Gasteiger partial charge in [-0.3, -0.25) is 0 Å². The van der Waals surface area contributed by atoms with E-state index in [1.807, 2.05) is 12.1 Å². The van der Waals surface area contributed by atoms with Gasteiger partial charge < -0.3 is 14.8 Å². The summed E-state index contributed by atoms with van der Waals surface area (Å²) in [5.41, 5.74) is 1.38. The van der Waals surface area contributed by atoms with Crippen LogP contribution in [-0.2, 0) is 4.74 Å². The molecule has 3 nitrogen and oxygen atoms in total. The van der Waals surface area contributed by atoms with E-state index >= 15 is 0 Å². The van der Waals surface area contributed by atoms with Crippen LogP contribution in [0.3, 0.4) is 0 Å². The molecule has 0 saturated carbocycles. The zero-order valence-corrected chi connectivity index (χ0v) is 10.8. The van der Waals surface area contributed by atoms with E-state index < -0.39 is 0 Å². The molecule has 3 heteroatoms. The van der Waals surface area contributed by atoms with Gasteiger partial charge in [0.05, 0.1) is 13.7 Å². The summed E-state index contributed by atoms with van der Waals surface area (Å²) in [6.45, 7) is 3.95. The van der Waals surface area contributed by atoms with Gasteiger partial charge in [0.2, 0.25) is 0 Å². The Morgan fingerprint density at radius 1 is 1.35 bits per heavy atom. The highest BCUT2D eigenvalue weighted by Crippen LogP contribution is 2.36. The van der Waals surface area contributed by atoms with Crippen LogP contribution < -0.4 is 10.1 Å². The third-order valence-corrected chi connectivity index (χ3v) is 3.51. The maximum atomic E-state index is 5.43. The van der Waals surface area contributed by atoms with Crippen LogP contribution in [0.1, 0.15) is 24.8 Å². The van der Waals surface area contributed by atoms with Gasteiger partial charge >= 0.3 is 0 Å². The number of hydrogen-bond acceptors (Lipinski definition) is 3. The van der Waals surface area contributed by atoms with Crippen molar-refractivity contribution in [2.45, 2.75) is 24.8 Å². The Balaban J connectivity index is 2.15. The topological polar surface area (TPSA) is 30.5 Å². The van der Waals surface area contributed by atoms with Crippen molar-refractivity contribution in [1.82, 2.24) is 5.32 Å². The molecule has 1 aliphatic rings. The first-order chi connectivity index (χ1) is 8.18. The number of rotatable bonds is 4. The molecule has 0 aromatic heterocycles. The average molecular weight is 235 g/mol. The molecule has 2 rings (SSSR count). The molecule has 94 valence electrons. The standard InChI is InChI=1S/C14H21NO2/c1-14(10-16-2)8-11(9-15-14)12-6-4-5-7-13(12)17-3/h4-7,11,15H,8-10H2,1-3H3. The first-order valence-electron chi connectivity index (χ1n) is 6.05. The van der Waals surface area contributed by atoms with Crippen molar-refractivity contribution >= 4 is 0 Å². The van der Waals surface area contributed by atoms with Crippen LogP contribution in [0.5, 0.6) is 5.75 Å². The normalized spacial score (nSPS) is 28.3. The lowest BCUT2D eigenvalue weighted by atomic mass is 9.90. The Morgan fingerprint density at radius 2 is 2.12 bits per heavy atom. The molecule has 1 N–H and O–H groups in total. The maximum Gasteiger partial charge on any atom is 0.122 e. The van der Waals surface area contributed by atoms with Crippen LogP contribution in [0.25, 0.3) is 0 Å². The van der Waals surface area contributed by atoms with Crippen molar-refractivity contribution in [1.29, 1.82) is 0 Å². The van der Waals surface area contributed by atoms with Gasteiger partial charge in [0, 0.05) is 25.1 Å². The molecular formula is C14H21NO2. The van der Waals surface area contributed by atoms with Gasteiger partial charge in [-0.1, -0.05) is 18.2 Å². The Kier molecular flexibility index (Phi) is 3.69. The minimum atomic E-state index is 0.0836. The Morgan fingerprint density at radius 3 is 2.82 bits per heavy atom. The smallest absolute Gasteiger partial charge is 0.122 e. The SMILES string of the molecule is COCC1(C)CC(c2ccccc2OC)CN1. The van der Waals surface area contributed by atoms with E-state index in [1.54, 1.807) is 14.2 Å². The lowest BCUT2D eigenvalue weighted by Gasteiger charge is -2.23. The third-order valence-electron chi connectivity index (χ3n) is 3.51. The van der Waals surface area contributed by atoms with E-state index in [-0.39, 0.29) is 5.54 Å². The van der Waals surface area contributed by atoms with Crippen molar-refractivity contribution in [3.05, 3.63) is 29.8 Å². The quantitative estimate of drug-likeness (QED) is 0.867. The van der Waals surface area contributed by atoms with Crippen LogP contribution >= 0.6 is 0 Å². The summed E-state index contributed by atoms with van der Waals surface area (Å²) in [6.07, 6.45) is 1.08. The molecule has 2 atom stereocenters. The molecule has 2 unspecified atom stereocenters. The number of para-hydroxylation sites is 1. The van der Waals surface area contributed by atoms with Crippen molar-refractivity contribution in [3.63, 3.8) is 0 Å². The number of nitrogens with one attached hydrogen (secondary N) is 1. The summed E-state index contributed by atoms with van der Waals surface area (Å²) in [5.74, 6) is 1.49. The number of hydrogen-bond donors (Lipinski definition) is 1. The van der Waals surface area contributed by atoms with Gasteiger partial charge in [0.25, 0.3) is 0 Å². The van der Waals surface area contributed by atoms with Crippen LogP contribution in [0.2, 0.25) is 0 Å². The number of ether oxygens (including phenoxy) is 2. The van der Waals surface area contributed by atoms with Gasteiger partial charge in [-0.2, -0.15) is 0 Å². The zero-order valence-electron chi connectivity index (χ0n) is 10.8. The molecular weight excluding hydrogens is 214 g/mol. The Hall–Kier alpha value is -1.06. The average Bonchev–Trinajstić information content (AvgIpc) is 2.72. The van der Waals surface area contributed by atoms with Crippen molar-refractivity contribution < 1.29 is 9.47 Å². The molecule has 0 spiro atoms. The second-order valence-electron chi connectivity index (χ2n) is 5.02. The van der Waals surface area contributed by atoms with E-state index in [4.69, 9.17) is 9.47 Å². The molecule has 1 heterocycles. The molecule has 0 bridgehead atoms. The highest BCUT2D eigenvalue weighted by molar-refractivity contribution is 5.37. The second kappa shape index (κ2) is 5.07. The first kappa shape index (κ1) is 12.4. The van der Waals surface area contributed by atoms with E-state index in [2.05, 4.69) is 24.4 Å². The number of benzene rings is 1. The lowest BCUT2D eigenvalue weighted by molar-refractivity contribution is 0.129. The largest absolute Gasteiger partial charge is 0.496 e. The maximum absolute atomic E-state index is 5.43. The predicted octanol–water partition coefficient (Wildman–Crippen LogP) is 2.18. The van der Waals surface area contributed by atoms with E-state index in [0.717, 1.165) is 25.3 Å². The minimum absolute atomic E-state index is 0.0836. The van der Waals surface area contributed by atoms with Crippen LogP contribution in [-0.4, -0.2) is 32.9 Å². The molecule has 0 radical (unpaired) electrons. The van der Waals surface area contributed by atoms with Crippen LogP contribution in [0, 0.1) is 0 Å². The van der Waals surface area contributed by atoms with E-state index in [0.29, 0.717) is 5.92 Å². The third kappa shape index (κ3) is 2.61. The molecule has 0 amide bonds. The van der Waals surface area contributed by atoms with Crippen molar-refractivity contribution in [2.24, 2.45) is 0 Å². The zero-order chi connectivity index (χ0) is 12.3.